The van der Waals surface area contributed by atoms with E-state index in [0.29, 0.717) is 19.3 Å². The molecular weight excluding hydrogens is 1000 g/mol. The number of hydrogen-bond acceptors (Lipinski definition) is 10. The molecule has 9 unspecified atom stereocenters. The third-order valence-electron chi connectivity index (χ3n) is 17.7. The lowest BCUT2D eigenvalue weighted by molar-refractivity contribution is -0.303. The maximum atomic E-state index is 13.2. The van der Waals surface area contributed by atoms with Gasteiger partial charge in [0, 0.05) is 0 Å². The van der Waals surface area contributed by atoms with Gasteiger partial charge in [0.05, 0.1) is 25.4 Å². The van der Waals surface area contributed by atoms with Gasteiger partial charge < -0.3 is 50.5 Å². The number of rotatable bonds is 63. The van der Waals surface area contributed by atoms with Crippen molar-refractivity contribution in [2.24, 2.45) is 0 Å². The van der Waals surface area contributed by atoms with Crippen LogP contribution in [0.25, 0.3) is 0 Å². The van der Waals surface area contributed by atoms with E-state index in [1.165, 1.54) is 289 Å². The molecule has 0 aromatic heterocycles. The van der Waals surface area contributed by atoms with Gasteiger partial charge in [0.1, 0.15) is 36.6 Å². The average molecular weight is 1140 g/mol. The molecule has 1 saturated heterocycles. The summed E-state index contributed by atoms with van der Waals surface area (Å²) in [7, 11) is 0. The van der Waals surface area contributed by atoms with Crippen LogP contribution in [0.5, 0.6) is 0 Å². The molecule has 1 fully saturated rings. The Kier molecular flexibility index (Phi) is 56.4. The van der Waals surface area contributed by atoms with Gasteiger partial charge in [0.25, 0.3) is 0 Å². The molecule has 1 aliphatic heterocycles. The minimum atomic E-state index is -1.66. The predicted octanol–water partition coefficient (Wildman–Crippen LogP) is 16.9. The predicted molar refractivity (Wildman–Crippen MR) is 335 cm³/mol. The van der Waals surface area contributed by atoms with Gasteiger partial charge >= 0.3 is 0 Å². The van der Waals surface area contributed by atoms with Crippen molar-refractivity contribution in [1.82, 2.24) is 5.32 Å². The molecule has 0 aromatic rings. The molecule has 478 valence electrons. The Morgan fingerprint density at radius 1 is 0.388 bits per heavy atom. The fraction of sp³-hybridized carbons (Fsp3) is 0.986. The molecule has 0 bridgehead atoms. The summed E-state index contributed by atoms with van der Waals surface area (Å²) in [6, 6.07) is -1.16. The third kappa shape index (κ3) is 45.5. The highest BCUT2D eigenvalue weighted by molar-refractivity contribution is 5.80. The molecular formula is C69H137NO10. The zero-order valence-electron chi connectivity index (χ0n) is 52.9. The summed E-state index contributed by atoms with van der Waals surface area (Å²) in [5.41, 5.74) is 0. The maximum absolute atomic E-state index is 13.2. The summed E-state index contributed by atoms with van der Waals surface area (Å²) in [6.07, 6.45) is 59.0. The average Bonchev–Trinajstić information content (AvgIpc) is 3.46. The van der Waals surface area contributed by atoms with Crippen molar-refractivity contribution in [2.45, 2.75) is 422 Å². The van der Waals surface area contributed by atoms with E-state index in [1.54, 1.807) is 0 Å². The Balaban J connectivity index is 2.17. The zero-order chi connectivity index (χ0) is 58.2. The van der Waals surface area contributed by atoms with Crippen molar-refractivity contribution < 1.29 is 50.0 Å². The second-order valence-corrected chi connectivity index (χ2v) is 25.3. The molecule has 0 radical (unpaired) electrons. The molecule has 1 amide bonds. The minimum Gasteiger partial charge on any atom is -0.394 e. The van der Waals surface area contributed by atoms with Crippen LogP contribution in [-0.4, -0.2) is 110 Å². The number of amides is 1. The van der Waals surface area contributed by atoms with Gasteiger partial charge in [-0.15, -0.1) is 0 Å². The molecule has 1 heterocycles. The van der Waals surface area contributed by atoms with E-state index in [1.807, 2.05) is 0 Å². The lowest BCUT2D eigenvalue weighted by Crippen LogP contribution is -2.60. The first-order valence-electron chi connectivity index (χ1n) is 35.4. The van der Waals surface area contributed by atoms with Gasteiger partial charge in [0.15, 0.2) is 6.29 Å². The van der Waals surface area contributed by atoms with Crippen molar-refractivity contribution in [3.05, 3.63) is 0 Å². The first-order valence-corrected chi connectivity index (χ1v) is 35.4. The van der Waals surface area contributed by atoms with E-state index in [-0.39, 0.29) is 6.42 Å². The fourth-order valence-corrected chi connectivity index (χ4v) is 12.0. The number of carbonyl (C=O) groups excluding carboxylic acids is 1. The van der Waals surface area contributed by atoms with Crippen LogP contribution >= 0.6 is 0 Å². The quantitative estimate of drug-likeness (QED) is 0.0272. The number of aliphatic hydroxyl groups is 7. The molecule has 8 N–H and O–H groups in total. The van der Waals surface area contributed by atoms with Gasteiger partial charge in [-0.1, -0.05) is 354 Å². The Morgan fingerprint density at radius 2 is 0.650 bits per heavy atom. The third-order valence-corrected chi connectivity index (χ3v) is 17.7. The number of hydrogen-bond donors (Lipinski definition) is 8. The second kappa shape index (κ2) is 58.5. The Hall–Kier alpha value is -0.890. The first-order chi connectivity index (χ1) is 39.2. The first kappa shape index (κ1) is 77.1. The Morgan fingerprint density at radius 3 is 0.925 bits per heavy atom. The molecule has 11 heteroatoms. The molecule has 0 aliphatic carbocycles. The van der Waals surface area contributed by atoms with E-state index < -0.39 is 74.2 Å². The van der Waals surface area contributed by atoms with Crippen molar-refractivity contribution in [1.29, 1.82) is 0 Å². The summed E-state index contributed by atoms with van der Waals surface area (Å²) in [4.78, 5) is 13.2. The molecule has 80 heavy (non-hydrogen) atoms. The number of carbonyl (C=O) groups is 1. The van der Waals surface area contributed by atoms with Gasteiger partial charge in [-0.3, -0.25) is 4.79 Å². The van der Waals surface area contributed by atoms with Crippen LogP contribution in [0.2, 0.25) is 0 Å². The van der Waals surface area contributed by atoms with Crippen LogP contribution in [0, 0.1) is 0 Å². The minimum absolute atomic E-state index is 0.267. The van der Waals surface area contributed by atoms with Crippen LogP contribution in [0.3, 0.4) is 0 Å². The van der Waals surface area contributed by atoms with E-state index in [4.69, 9.17) is 9.47 Å². The molecule has 1 aliphatic rings. The highest BCUT2D eigenvalue weighted by atomic mass is 16.7. The van der Waals surface area contributed by atoms with Gasteiger partial charge in [0.2, 0.25) is 5.91 Å². The van der Waals surface area contributed by atoms with E-state index in [9.17, 15) is 40.5 Å². The monoisotopic (exact) mass is 1140 g/mol. The highest BCUT2D eigenvalue weighted by Crippen LogP contribution is 2.24. The standard InChI is InChI=1S/C69H137NO10/c1-3-5-7-9-11-13-15-17-19-21-23-25-26-27-28-29-30-31-32-33-34-35-37-38-40-42-44-46-48-50-52-54-56-61(72)64(74)60(59-79-69-67(77)66(76)65(75)63(58-71)80-69)70-68(78)62(73)57-55-53-51-49-47-45-43-41-39-36-24-22-20-18-16-14-12-10-8-6-4-2/h60-67,69,71-77H,3-59H2,1-2H3,(H,70,78). The summed E-state index contributed by atoms with van der Waals surface area (Å²) in [5, 5.41) is 76.5. The molecule has 9 atom stereocenters. The maximum Gasteiger partial charge on any atom is 0.249 e. The van der Waals surface area contributed by atoms with Gasteiger partial charge in [-0.05, 0) is 12.8 Å². The zero-order valence-corrected chi connectivity index (χ0v) is 52.9. The van der Waals surface area contributed by atoms with Crippen molar-refractivity contribution in [2.75, 3.05) is 13.2 Å². The van der Waals surface area contributed by atoms with Crippen molar-refractivity contribution in [3.8, 4) is 0 Å². The fourth-order valence-electron chi connectivity index (χ4n) is 12.0. The highest BCUT2D eigenvalue weighted by Gasteiger charge is 2.44. The summed E-state index contributed by atoms with van der Waals surface area (Å²) in [6.45, 7) is 3.53. The van der Waals surface area contributed by atoms with Crippen LogP contribution in [-0.2, 0) is 14.3 Å². The number of unbranched alkanes of at least 4 members (excludes halogenated alkanes) is 51. The smallest absolute Gasteiger partial charge is 0.249 e. The number of ether oxygens (including phenoxy) is 2. The molecule has 0 spiro atoms. The van der Waals surface area contributed by atoms with E-state index in [0.717, 1.165) is 38.5 Å². The van der Waals surface area contributed by atoms with Crippen LogP contribution in [0.15, 0.2) is 0 Å². The normalized spacial score (nSPS) is 19.1. The van der Waals surface area contributed by atoms with E-state index >= 15 is 0 Å². The number of nitrogens with one attached hydrogen (secondary N) is 1. The summed E-state index contributed by atoms with van der Waals surface area (Å²) < 4.78 is 11.2. The topological polar surface area (TPSA) is 189 Å². The second-order valence-electron chi connectivity index (χ2n) is 25.3. The largest absolute Gasteiger partial charge is 0.394 e. The van der Waals surface area contributed by atoms with Crippen molar-refractivity contribution >= 4 is 5.91 Å². The molecule has 0 aromatic carbocycles. The van der Waals surface area contributed by atoms with E-state index in [2.05, 4.69) is 19.2 Å². The van der Waals surface area contributed by atoms with Crippen LogP contribution < -0.4 is 5.32 Å². The molecule has 1 rings (SSSR count). The summed E-state index contributed by atoms with van der Waals surface area (Å²) >= 11 is 0. The molecule has 11 nitrogen and oxygen atoms in total. The van der Waals surface area contributed by atoms with Crippen LogP contribution in [0.4, 0.5) is 0 Å². The lowest BCUT2D eigenvalue weighted by Gasteiger charge is -2.40. The molecule has 0 saturated carbocycles. The van der Waals surface area contributed by atoms with Crippen LogP contribution in [0.1, 0.15) is 367 Å². The Bertz CT molecular complexity index is 1260. The Labute approximate surface area is 494 Å². The van der Waals surface area contributed by atoms with Crippen molar-refractivity contribution in [3.63, 3.8) is 0 Å². The lowest BCUT2D eigenvalue weighted by atomic mass is 9.98. The summed E-state index contributed by atoms with van der Waals surface area (Å²) in [5.74, 6) is -0.687. The van der Waals surface area contributed by atoms with Gasteiger partial charge in [-0.2, -0.15) is 0 Å². The number of aliphatic hydroxyl groups excluding tert-OH is 7. The van der Waals surface area contributed by atoms with Gasteiger partial charge in [-0.25, -0.2) is 0 Å². The SMILES string of the molecule is CCCCCCCCCCCCCCCCCCCCCCCCCCCCCCCCCCC(O)C(O)C(COC1OC(CO)C(O)C(O)C1O)NC(=O)C(O)CCCCCCCCCCCCCCCCCCCCCCC.